The summed E-state index contributed by atoms with van der Waals surface area (Å²) < 4.78 is 76.9. The Morgan fingerprint density at radius 3 is 1.92 bits per heavy atom. The Bertz CT molecular complexity index is 780. The summed E-state index contributed by atoms with van der Waals surface area (Å²) in [5.74, 6) is 0. The molecule has 0 unspecified atom stereocenters. The molecule has 4 N–H and O–H groups in total. The van der Waals surface area contributed by atoms with Crippen molar-refractivity contribution in [1.29, 1.82) is 0 Å². The molecule has 0 saturated heterocycles. The lowest BCUT2D eigenvalue weighted by Gasteiger charge is -2.11. The molecule has 0 aliphatic carbocycles. The molecule has 0 radical (unpaired) electrons. The standard InChI is InChI=1S/C14H10F6N4/c15-13(16,17)9-6-8(2-3-11(9)22)23-24-12-4-1-7(21)5-10(12)14(18,19)20/h1-6H,21-22H2. The second-order valence-corrected chi connectivity index (χ2v) is 4.74. The molecule has 2 aromatic carbocycles. The van der Waals surface area contributed by atoms with Crippen molar-refractivity contribution in [1.82, 2.24) is 0 Å². The normalized spacial score (nSPS) is 12.8. The van der Waals surface area contributed by atoms with Crippen molar-refractivity contribution < 1.29 is 26.3 Å². The Balaban J connectivity index is 2.43. The predicted octanol–water partition coefficient (Wildman–Crippen LogP) is 5.30. The quantitative estimate of drug-likeness (QED) is 0.439. The number of nitrogens with two attached hydrogens (primary N) is 2. The first-order valence-electron chi connectivity index (χ1n) is 6.33. The zero-order valence-corrected chi connectivity index (χ0v) is 11.8. The van der Waals surface area contributed by atoms with E-state index < -0.39 is 34.9 Å². The minimum atomic E-state index is -4.73. The molecule has 10 heteroatoms. The summed E-state index contributed by atoms with van der Waals surface area (Å²) in [6.45, 7) is 0. The summed E-state index contributed by atoms with van der Waals surface area (Å²) in [7, 11) is 0. The maximum Gasteiger partial charge on any atom is 0.418 e. The van der Waals surface area contributed by atoms with Gasteiger partial charge in [-0.15, -0.1) is 5.11 Å². The fourth-order valence-electron chi connectivity index (χ4n) is 1.83. The van der Waals surface area contributed by atoms with Gasteiger partial charge in [-0.3, -0.25) is 0 Å². The van der Waals surface area contributed by atoms with Gasteiger partial charge in [-0.25, -0.2) is 0 Å². The first-order chi connectivity index (χ1) is 11.0. The van der Waals surface area contributed by atoms with E-state index in [2.05, 4.69) is 10.2 Å². The third kappa shape index (κ3) is 3.94. The second-order valence-electron chi connectivity index (χ2n) is 4.74. The van der Waals surface area contributed by atoms with E-state index in [-0.39, 0.29) is 11.4 Å². The largest absolute Gasteiger partial charge is 0.418 e. The summed E-state index contributed by atoms with van der Waals surface area (Å²) in [6, 6.07) is 5.47. The molecule has 24 heavy (non-hydrogen) atoms. The smallest absolute Gasteiger partial charge is 0.399 e. The molecule has 0 amide bonds. The third-order valence-electron chi connectivity index (χ3n) is 2.94. The van der Waals surface area contributed by atoms with Crippen LogP contribution in [-0.4, -0.2) is 0 Å². The van der Waals surface area contributed by atoms with E-state index in [1.165, 1.54) is 6.07 Å². The van der Waals surface area contributed by atoms with Gasteiger partial charge < -0.3 is 11.5 Å². The molecule has 0 aliphatic heterocycles. The molecule has 2 rings (SSSR count). The van der Waals surface area contributed by atoms with Gasteiger partial charge in [-0.05, 0) is 36.4 Å². The molecule has 0 atom stereocenters. The SMILES string of the molecule is Nc1ccc(N=Nc2ccc(N)c(C(F)(F)F)c2)c(C(F)(F)F)c1. The van der Waals surface area contributed by atoms with E-state index in [0.29, 0.717) is 12.1 Å². The lowest BCUT2D eigenvalue weighted by Crippen LogP contribution is -2.08. The van der Waals surface area contributed by atoms with E-state index in [0.717, 1.165) is 18.2 Å². The molecule has 0 heterocycles. The van der Waals surface area contributed by atoms with Gasteiger partial charge in [0.2, 0.25) is 0 Å². The van der Waals surface area contributed by atoms with Crippen LogP contribution in [0.15, 0.2) is 46.6 Å². The van der Waals surface area contributed by atoms with Crippen molar-refractivity contribution in [3.63, 3.8) is 0 Å². The Hall–Kier alpha value is -2.78. The van der Waals surface area contributed by atoms with Crippen molar-refractivity contribution in [3.8, 4) is 0 Å². The topological polar surface area (TPSA) is 76.8 Å². The molecule has 2 aromatic rings. The average molecular weight is 348 g/mol. The van der Waals surface area contributed by atoms with E-state index in [4.69, 9.17) is 11.5 Å². The van der Waals surface area contributed by atoms with Gasteiger partial charge in [0.05, 0.1) is 22.5 Å². The minimum Gasteiger partial charge on any atom is -0.399 e. The molecule has 0 aliphatic rings. The lowest BCUT2D eigenvalue weighted by atomic mass is 10.1. The van der Waals surface area contributed by atoms with Crippen LogP contribution < -0.4 is 11.5 Å². The fourth-order valence-corrected chi connectivity index (χ4v) is 1.83. The highest BCUT2D eigenvalue weighted by atomic mass is 19.4. The van der Waals surface area contributed by atoms with Crippen LogP contribution in [0.2, 0.25) is 0 Å². The number of hydrogen-bond acceptors (Lipinski definition) is 4. The summed E-state index contributed by atoms with van der Waals surface area (Å²) in [5, 5.41) is 6.80. The van der Waals surface area contributed by atoms with Crippen molar-refractivity contribution >= 4 is 22.7 Å². The van der Waals surface area contributed by atoms with Crippen molar-refractivity contribution in [2.45, 2.75) is 12.4 Å². The zero-order chi connectivity index (χ0) is 18.1. The molecule has 128 valence electrons. The molecule has 0 bridgehead atoms. The van der Waals surface area contributed by atoms with E-state index >= 15 is 0 Å². The summed E-state index contributed by atoms with van der Waals surface area (Å²) >= 11 is 0. The Morgan fingerprint density at radius 1 is 0.708 bits per heavy atom. The minimum absolute atomic E-state index is 0.131. The van der Waals surface area contributed by atoms with Crippen LogP contribution in [0.1, 0.15) is 11.1 Å². The molecular formula is C14H10F6N4. The van der Waals surface area contributed by atoms with Crippen LogP contribution in [0.5, 0.6) is 0 Å². The summed E-state index contributed by atoms with van der Waals surface area (Å²) in [5.41, 5.74) is 6.73. The highest BCUT2D eigenvalue weighted by Gasteiger charge is 2.34. The number of rotatable bonds is 2. The van der Waals surface area contributed by atoms with Crippen LogP contribution in [0.3, 0.4) is 0 Å². The fraction of sp³-hybridized carbons (Fsp3) is 0.143. The van der Waals surface area contributed by atoms with Gasteiger partial charge in [0, 0.05) is 11.4 Å². The molecule has 0 fully saturated rings. The van der Waals surface area contributed by atoms with Crippen LogP contribution in [0.25, 0.3) is 0 Å². The third-order valence-corrected chi connectivity index (χ3v) is 2.94. The van der Waals surface area contributed by atoms with Crippen LogP contribution in [0.4, 0.5) is 49.1 Å². The number of azo groups is 1. The van der Waals surface area contributed by atoms with Crippen LogP contribution in [0, 0.1) is 0 Å². The summed E-state index contributed by atoms with van der Waals surface area (Å²) in [6.07, 6.45) is -9.45. The molecule has 0 spiro atoms. The van der Waals surface area contributed by atoms with Crippen molar-refractivity contribution in [3.05, 3.63) is 47.5 Å². The highest BCUT2D eigenvalue weighted by molar-refractivity contribution is 5.58. The van der Waals surface area contributed by atoms with Gasteiger partial charge in [-0.1, -0.05) is 0 Å². The molecular weight excluding hydrogens is 338 g/mol. The number of benzene rings is 2. The van der Waals surface area contributed by atoms with Gasteiger partial charge in [0.25, 0.3) is 0 Å². The maximum atomic E-state index is 12.9. The van der Waals surface area contributed by atoms with E-state index in [9.17, 15) is 26.3 Å². The number of halogens is 6. The first-order valence-corrected chi connectivity index (χ1v) is 6.33. The molecule has 0 saturated carbocycles. The van der Waals surface area contributed by atoms with E-state index in [1.807, 2.05) is 0 Å². The second kappa shape index (κ2) is 6.02. The molecule has 0 aromatic heterocycles. The zero-order valence-electron chi connectivity index (χ0n) is 11.8. The highest BCUT2D eigenvalue weighted by Crippen LogP contribution is 2.39. The number of nitrogens with zero attached hydrogens (tertiary/aromatic N) is 2. The number of anilines is 2. The van der Waals surface area contributed by atoms with Gasteiger partial charge in [0.1, 0.15) is 0 Å². The Labute approximate surface area is 131 Å². The molecule has 4 nitrogen and oxygen atoms in total. The first kappa shape index (κ1) is 17.6. The Kier molecular flexibility index (Phi) is 4.41. The van der Waals surface area contributed by atoms with Crippen LogP contribution >= 0.6 is 0 Å². The lowest BCUT2D eigenvalue weighted by molar-refractivity contribution is -0.137. The van der Waals surface area contributed by atoms with Crippen molar-refractivity contribution in [2.24, 2.45) is 10.2 Å². The predicted molar refractivity (Wildman–Crippen MR) is 75.9 cm³/mol. The maximum absolute atomic E-state index is 12.9. The number of hydrogen-bond donors (Lipinski definition) is 2. The average Bonchev–Trinajstić information content (AvgIpc) is 2.45. The number of nitrogen functional groups attached to an aromatic ring is 2. The van der Waals surface area contributed by atoms with Gasteiger partial charge in [-0.2, -0.15) is 31.5 Å². The van der Waals surface area contributed by atoms with Crippen LogP contribution in [-0.2, 0) is 12.4 Å². The monoisotopic (exact) mass is 348 g/mol. The number of alkyl halides is 6. The Morgan fingerprint density at radius 2 is 1.33 bits per heavy atom. The van der Waals surface area contributed by atoms with Gasteiger partial charge >= 0.3 is 12.4 Å². The van der Waals surface area contributed by atoms with Crippen molar-refractivity contribution in [2.75, 3.05) is 11.5 Å². The summed E-state index contributed by atoms with van der Waals surface area (Å²) in [4.78, 5) is 0. The van der Waals surface area contributed by atoms with Gasteiger partial charge in [0.15, 0.2) is 0 Å². The van der Waals surface area contributed by atoms with E-state index in [1.54, 1.807) is 0 Å².